The van der Waals surface area contributed by atoms with Crippen molar-refractivity contribution in [3.63, 3.8) is 0 Å². The lowest BCUT2D eigenvalue weighted by Crippen LogP contribution is -2.28. The molecule has 0 aliphatic heterocycles. The lowest BCUT2D eigenvalue weighted by molar-refractivity contribution is 0.271. The summed E-state index contributed by atoms with van der Waals surface area (Å²) in [6.45, 7) is 4.87. The molecule has 5 nitrogen and oxygen atoms in total. The van der Waals surface area contributed by atoms with E-state index in [4.69, 9.17) is 15.9 Å². The van der Waals surface area contributed by atoms with Gasteiger partial charge in [0.2, 0.25) is 0 Å². The lowest BCUT2D eigenvalue weighted by atomic mass is 10.1. The van der Waals surface area contributed by atoms with Crippen molar-refractivity contribution in [1.29, 1.82) is 5.41 Å². The number of benzene rings is 1. The van der Waals surface area contributed by atoms with Gasteiger partial charge in [0.1, 0.15) is 11.6 Å². The monoisotopic (exact) mass is 299 g/mol. The Morgan fingerprint density at radius 3 is 2.41 bits per heavy atom. The van der Waals surface area contributed by atoms with Crippen molar-refractivity contribution >= 4 is 5.84 Å². The van der Waals surface area contributed by atoms with E-state index in [0.717, 1.165) is 17.0 Å². The first kappa shape index (κ1) is 15.8. The summed E-state index contributed by atoms with van der Waals surface area (Å²) in [5.41, 5.74) is 7.02. The molecule has 0 spiro atoms. The number of hydrogen-bond acceptors (Lipinski definition) is 3. The average Bonchev–Trinajstić information content (AvgIpc) is 2.48. The molecule has 0 bridgehead atoms. The van der Waals surface area contributed by atoms with Gasteiger partial charge in [0, 0.05) is 7.05 Å². The summed E-state index contributed by atoms with van der Waals surface area (Å²) in [4.78, 5) is 12.2. The van der Waals surface area contributed by atoms with Crippen LogP contribution >= 0.6 is 0 Å². The van der Waals surface area contributed by atoms with E-state index in [0.29, 0.717) is 12.5 Å². The highest BCUT2D eigenvalue weighted by Crippen LogP contribution is 2.21. The Labute approximate surface area is 129 Å². The number of nitrogens with zero attached hydrogens (tertiary/aromatic N) is 1. The Morgan fingerprint density at radius 1 is 1.23 bits per heavy atom. The Hall–Kier alpha value is -2.56. The number of hydrogen-bond donors (Lipinski definition) is 2. The van der Waals surface area contributed by atoms with Crippen LogP contribution in [0.2, 0.25) is 0 Å². The second-order valence-corrected chi connectivity index (χ2v) is 5.64. The first-order valence-corrected chi connectivity index (χ1v) is 7.18. The highest BCUT2D eigenvalue weighted by atomic mass is 16.5. The Bertz CT molecular complexity index is 731. The largest absolute Gasteiger partial charge is 0.493 e. The van der Waals surface area contributed by atoms with Gasteiger partial charge in [0.15, 0.2) is 0 Å². The van der Waals surface area contributed by atoms with Gasteiger partial charge in [-0.25, -0.2) is 0 Å². The molecule has 1 aromatic heterocycles. The van der Waals surface area contributed by atoms with Crippen molar-refractivity contribution in [3.05, 3.63) is 52.3 Å². The number of aromatic nitrogens is 1. The number of amidine groups is 1. The molecule has 3 N–H and O–H groups in total. The molecule has 0 fully saturated rings. The first-order chi connectivity index (χ1) is 10.4. The van der Waals surface area contributed by atoms with Crippen molar-refractivity contribution in [3.8, 4) is 17.0 Å². The van der Waals surface area contributed by atoms with Crippen LogP contribution in [0.4, 0.5) is 0 Å². The zero-order chi connectivity index (χ0) is 16.3. The number of nitrogens with one attached hydrogen (secondary N) is 1. The van der Waals surface area contributed by atoms with Crippen molar-refractivity contribution < 1.29 is 4.74 Å². The SMILES string of the molecule is CC(C)COc1ccc(-c2ccc(C(=N)N)c(=O)n2C)cc1. The molecule has 0 atom stereocenters. The van der Waals surface area contributed by atoms with Crippen LogP contribution in [-0.2, 0) is 7.05 Å². The molecule has 5 heteroatoms. The minimum Gasteiger partial charge on any atom is -0.493 e. The standard InChI is InChI=1S/C17H21N3O2/c1-11(2)10-22-13-6-4-12(5-7-13)15-9-8-14(16(18)19)17(21)20(15)3/h4-9,11H,10H2,1-3H3,(H3,18,19). The molecule has 0 aliphatic rings. The molecule has 0 unspecified atom stereocenters. The maximum atomic E-state index is 12.2. The van der Waals surface area contributed by atoms with Gasteiger partial charge < -0.3 is 15.0 Å². The van der Waals surface area contributed by atoms with Gasteiger partial charge in [-0.2, -0.15) is 0 Å². The summed E-state index contributed by atoms with van der Waals surface area (Å²) in [6, 6.07) is 11.0. The highest BCUT2D eigenvalue weighted by Gasteiger charge is 2.09. The number of ether oxygens (including phenoxy) is 1. The van der Waals surface area contributed by atoms with E-state index >= 15 is 0 Å². The molecular weight excluding hydrogens is 278 g/mol. The van der Waals surface area contributed by atoms with E-state index in [1.807, 2.05) is 24.3 Å². The Kier molecular flexibility index (Phi) is 4.65. The number of pyridine rings is 1. The molecule has 1 aromatic carbocycles. The zero-order valence-corrected chi connectivity index (χ0v) is 13.1. The summed E-state index contributed by atoms with van der Waals surface area (Å²) in [5.74, 6) is 1.06. The summed E-state index contributed by atoms with van der Waals surface area (Å²) in [6.07, 6.45) is 0. The van der Waals surface area contributed by atoms with E-state index in [9.17, 15) is 4.79 Å². The minimum absolute atomic E-state index is 0.211. The van der Waals surface area contributed by atoms with Crippen molar-refractivity contribution in [1.82, 2.24) is 4.57 Å². The van der Waals surface area contributed by atoms with Gasteiger partial charge in [-0.15, -0.1) is 0 Å². The van der Waals surface area contributed by atoms with Crippen LogP contribution in [0, 0.1) is 11.3 Å². The summed E-state index contributed by atoms with van der Waals surface area (Å²) >= 11 is 0. The highest BCUT2D eigenvalue weighted by molar-refractivity contribution is 5.94. The summed E-state index contributed by atoms with van der Waals surface area (Å²) in [7, 11) is 1.67. The fraction of sp³-hybridized carbons (Fsp3) is 0.294. The molecule has 2 aromatic rings. The maximum absolute atomic E-state index is 12.2. The smallest absolute Gasteiger partial charge is 0.261 e. The normalized spacial score (nSPS) is 10.7. The van der Waals surface area contributed by atoms with Gasteiger partial charge in [0.05, 0.1) is 17.9 Å². The summed E-state index contributed by atoms with van der Waals surface area (Å²) < 4.78 is 7.15. The predicted molar refractivity (Wildman–Crippen MR) is 88.5 cm³/mol. The quantitative estimate of drug-likeness (QED) is 0.657. The van der Waals surface area contributed by atoms with Crippen LogP contribution in [-0.4, -0.2) is 17.0 Å². The molecule has 0 amide bonds. The molecule has 116 valence electrons. The van der Waals surface area contributed by atoms with Gasteiger partial charge in [-0.05, 0) is 47.9 Å². The number of nitrogens with two attached hydrogens (primary N) is 1. The molecule has 22 heavy (non-hydrogen) atoms. The van der Waals surface area contributed by atoms with E-state index < -0.39 is 0 Å². The second-order valence-electron chi connectivity index (χ2n) is 5.64. The van der Waals surface area contributed by atoms with E-state index in [1.165, 1.54) is 4.57 Å². The van der Waals surface area contributed by atoms with Gasteiger partial charge in [0.25, 0.3) is 5.56 Å². The Balaban J connectivity index is 2.31. The first-order valence-electron chi connectivity index (χ1n) is 7.18. The molecule has 0 saturated carbocycles. The van der Waals surface area contributed by atoms with Crippen LogP contribution in [0.1, 0.15) is 19.4 Å². The molecule has 0 aliphatic carbocycles. The van der Waals surface area contributed by atoms with Crippen molar-refractivity contribution in [2.75, 3.05) is 6.61 Å². The zero-order valence-electron chi connectivity index (χ0n) is 13.1. The van der Waals surface area contributed by atoms with Gasteiger partial charge in [-0.3, -0.25) is 10.2 Å². The van der Waals surface area contributed by atoms with E-state index in [1.54, 1.807) is 19.2 Å². The Morgan fingerprint density at radius 2 is 1.86 bits per heavy atom. The second kappa shape index (κ2) is 6.47. The fourth-order valence-electron chi connectivity index (χ4n) is 2.12. The third kappa shape index (κ3) is 3.36. The number of rotatable bonds is 5. The lowest BCUT2D eigenvalue weighted by Gasteiger charge is -2.12. The molecule has 1 heterocycles. The third-order valence-corrected chi connectivity index (χ3v) is 3.33. The summed E-state index contributed by atoms with van der Waals surface area (Å²) in [5, 5.41) is 7.40. The predicted octanol–water partition coefficient (Wildman–Crippen LogP) is 2.37. The molecular formula is C17H21N3O2. The maximum Gasteiger partial charge on any atom is 0.261 e. The molecule has 0 radical (unpaired) electrons. The van der Waals surface area contributed by atoms with Gasteiger partial charge in [-0.1, -0.05) is 13.8 Å². The van der Waals surface area contributed by atoms with E-state index in [2.05, 4.69) is 13.8 Å². The van der Waals surface area contributed by atoms with Crippen LogP contribution in [0.25, 0.3) is 11.3 Å². The number of nitrogen functional groups attached to an aromatic ring is 1. The molecule has 2 rings (SSSR count). The van der Waals surface area contributed by atoms with Crippen molar-refractivity contribution in [2.24, 2.45) is 18.7 Å². The topological polar surface area (TPSA) is 81.1 Å². The van der Waals surface area contributed by atoms with Crippen LogP contribution in [0.3, 0.4) is 0 Å². The fourth-order valence-corrected chi connectivity index (χ4v) is 2.12. The third-order valence-electron chi connectivity index (χ3n) is 3.33. The van der Waals surface area contributed by atoms with Crippen LogP contribution in [0.15, 0.2) is 41.2 Å². The van der Waals surface area contributed by atoms with E-state index in [-0.39, 0.29) is 17.0 Å². The molecule has 0 saturated heterocycles. The van der Waals surface area contributed by atoms with Crippen LogP contribution < -0.4 is 16.0 Å². The van der Waals surface area contributed by atoms with Gasteiger partial charge >= 0.3 is 0 Å². The average molecular weight is 299 g/mol. The van der Waals surface area contributed by atoms with Crippen molar-refractivity contribution in [2.45, 2.75) is 13.8 Å². The minimum atomic E-state index is -0.273. The van der Waals surface area contributed by atoms with Crippen LogP contribution in [0.5, 0.6) is 5.75 Å².